The summed E-state index contributed by atoms with van der Waals surface area (Å²) < 4.78 is 15.7. The van der Waals surface area contributed by atoms with Crippen molar-refractivity contribution in [3.05, 3.63) is 17.8 Å². The van der Waals surface area contributed by atoms with Gasteiger partial charge in [-0.05, 0) is 26.0 Å². The van der Waals surface area contributed by atoms with Gasteiger partial charge in [-0.1, -0.05) is 13.8 Å². The van der Waals surface area contributed by atoms with E-state index in [-0.39, 0.29) is 41.8 Å². The van der Waals surface area contributed by atoms with Crippen molar-refractivity contribution in [1.29, 1.82) is 0 Å². The number of amides is 1. The molecule has 10 nitrogen and oxygen atoms in total. The molecule has 2 rings (SSSR count). The Morgan fingerprint density at radius 1 is 1.43 bits per heavy atom. The van der Waals surface area contributed by atoms with Crippen LogP contribution in [0.1, 0.15) is 50.1 Å². The monoisotopic (exact) mass is 441 g/mol. The Bertz CT molecular complexity index is 768. The second kappa shape index (κ2) is 10.9. The van der Waals surface area contributed by atoms with Gasteiger partial charge in [0.15, 0.2) is 5.69 Å². The van der Waals surface area contributed by atoms with E-state index in [9.17, 15) is 9.59 Å². The van der Waals surface area contributed by atoms with Crippen LogP contribution in [-0.4, -0.2) is 66.2 Å². The van der Waals surface area contributed by atoms with Crippen LogP contribution < -0.4 is 16.4 Å². The predicted molar refractivity (Wildman–Crippen MR) is 114 cm³/mol. The molecule has 1 aromatic rings. The summed E-state index contributed by atoms with van der Waals surface area (Å²) in [6.07, 6.45) is 2.41. The molecule has 1 amide bonds. The smallest absolute Gasteiger partial charge is 0.360 e. The summed E-state index contributed by atoms with van der Waals surface area (Å²) in [4.78, 5) is 32.8. The zero-order chi connectivity index (χ0) is 22.4. The van der Waals surface area contributed by atoms with Gasteiger partial charge in [0, 0.05) is 0 Å². The SMILES string of the molecule is COC(=O)c1coc(C(C)NC(=O)C2NC(CN=C(SC)[C@@H](N)C(C)C)OC2C)n1. The maximum absolute atomic E-state index is 12.7. The predicted octanol–water partition coefficient (Wildman–Crippen LogP) is 1.09. The van der Waals surface area contributed by atoms with Crippen molar-refractivity contribution in [3.63, 3.8) is 0 Å². The number of aliphatic imine (C=N–C) groups is 1. The van der Waals surface area contributed by atoms with E-state index < -0.39 is 18.1 Å². The first-order valence-electron chi connectivity index (χ1n) is 9.77. The molecule has 11 heteroatoms. The topological polar surface area (TPSA) is 141 Å². The van der Waals surface area contributed by atoms with Gasteiger partial charge in [0.05, 0.1) is 30.8 Å². The van der Waals surface area contributed by atoms with Crippen molar-refractivity contribution in [1.82, 2.24) is 15.6 Å². The normalized spacial score (nSPS) is 24.0. The Balaban J connectivity index is 1.94. The molecule has 5 atom stereocenters. The summed E-state index contributed by atoms with van der Waals surface area (Å²) in [6.45, 7) is 7.99. The molecule has 0 aromatic carbocycles. The number of nitrogens with one attached hydrogen (secondary N) is 2. The fourth-order valence-electron chi connectivity index (χ4n) is 2.91. The van der Waals surface area contributed by atoms with E-state index in [0.717, 1.165) is 5.04 Å². The zero-order valence-electron chi connectivity index (χ0n) is 18.2. The third-order valence-corrected chi connectivity index (χ3v) is 5.59. The van der Waals surface area contributed by atoms with E-state index in [2.05, 4.69) is 25.3 Å². The lowest BCUT2D eigenvalue weighted by Crippen LogP contribution is -2.47. The Morgan fingerprint density at radius 2 is 2.13 bits per heavy atom. The number of hydrogen-bond acceptors (Lipinski definition) is 10. The number of carbonyl (C=O) groups is 2. The summed E-state index contributed by atoms with van der Waals surface area (Å²) in [5.41, 5.74) is 6.23. The van der Waals surface area contributed by atoms with Crippen molar-refractivity contribution in [2.24, 2.45) is 16.6 Å². The summed E-state index contributed by atoms with van der Waals surface area (Å²) >= 11 is 1.52. The summed E-state index contributed by atoms with van der Waals surface area (Å²) in [7, 11) is 1.26. The van der Waals surface area contributed by atoms with Crippen LogP contribution in [0, 0.1) is 5.92 Å². The molecule has 0 spiro atoms. The molecule has 0 aliphatic carbocycles. The lowest BCUT2D eigenvalue weighted by Gasteiger charge is -2.18. The second-order valence-corrected chi connectivity index (χ2v) is 8.25. The highest BCUT2D eigenvalue weighted by Gasteiger charge is 2.37. The van der Waals surface area contributed by atoms with Gasteiger partial charge in [-0.3, -0.25) is 15.1 Å². The first-order chi connectivity index (χ1) is 14.2. The molecule has 1 aliphatic rings. The average Bonchev–Trinajstić information content (AvgIpc) is 3.34. The average molecular weight is 442 g/mol. The second-order valence-electron chi connectivity index (χ2n) is 7.42. The molecule has 4 unspecified atom stereocenters. The van der Waals surface area contributed by atoms with Crippen LogP contribution in [0.5, 0.6) is 0 Å². The molecule has 1 saturated heterocycles. The van der Waals surface area contributed by atoms with Gasteiger partial charge >= 0.3 is 5.97 Å². The molecule has 1 fully saturated rings. The highest BCUT2D eigenvalue weighted by molar-refractivity contribution is 8.13. The Hall–Kier alpha value is -1.95. The Labute approximate surface area is 180 Å². The number of methoxy groups -OCH3 is 1. The fourth-order valence-corrected chi connectivity index (χ4v) is 3.66. The van der Waals surface area contributed by atoms with Crippen LogP contribution >= 0.6 is 11.8 Å². The summed E-state index contributed by atoms with van der Waals surface area (Å²) in [5, 5.41) is 6.84. The van der Waals surface area contributed by atoms with Gasteiger partial charge < -0.3 is 24.9 Å². The van der Waals surface area contributed by atoms with Gasteiger partial charge in [0.1, 0.15) is 24.6 Å². The molecule has 0 radical (unpaired) electrons. The van der Waals surface area contributed by atoms with Gasteiger partial charge in [0.2, 0.25) is 11.8 Å². The van der Waals surface area contributed by atoms with Crippen LogP contribution in [-0.2, 0) is 14.3 Å². The Kier molecular flexibility index (Phi) is 8.83. The number of hydrogen-bond donors (Lipinski definition) is 3. The number of ether oxygens (including phenoxy) is 2. The molecule has 168 valence electrons. The van der Waals surface area contributed by atoms with Crippen LogP contribution in [0.25, 0.3) is 0 Å². The number of rotatable bonds is 8. The first kappa shape index (κ1) is 24.3. The van der Waals surface area contributed by atoms with Crippen molar-refractivity contribution in [3.8, 4) is 0 Å². The van der Waals surface area contributed by atoms with Crippen LogP contribution in [0.3, 0.4) is 0 Å². The van der Waals surface area contributed by atoms with E-state index in [1.807, 2.05) is 27.0 Å². The largest absolute Gasteiger partial charge is 0.464 e. The molecule has 1 aromatic heterocycles. The van der Waals surface area contributed by atoms with E-state index >= 15 is 0 Å². The van der Waals surface area contributed by atoms with Gasteiger partial charge in [-0.2, -0.15) is 0 Å². The number of carbonyl (C=O) groups excluding carboxylic acids is 2. The zero-order valence-corrected chi connectivity index (χ0v) is 19.0. The van der Waals surface area contributed by atoms with Crippen LogP contribution in [0.4, 0.5) is 0 Å². The number of aromatic nitrogens is 1. The molecule has 0 bridgehead atoms. The first-order valence-corrected chi connectivity index (χ1v) is 11.0. The molecule has 2 heterocycles. The maximum atomic E-state index is 12.7. The van der Waals surface area contributed by atoms with E-state index in [0.29, 0.717) is 6.54 Å². The van der Waals surface area contributed by atoms with E-state index in [1.54, 1.807) is 6.92 Å². The van der Waals surface area contributed by atoms with Gasteiger partial charge in [-0.25, -0.2) is 9.78 Å². The van der Waals surface area contributed by atoms with Crippen molar-refractivity contribution >= 4 is 28.7 Å². The molecular formula is C19H31N5O5S. The Morgan fingerprint density at radius 3 is 2.73 bits per heavy atom. The van der Waals surface area contributed by atoms with E-state index in [1.165, 1.54) is 25.1 Å². The van der Waals surface area contributed by atoms with E-state index in [4.69, 9.17) is 14.9 Å². The lowest BCUT2D eigenvalue weighted by molar-refractivity contribution is -0.124. The number of nitrogens with two attached hydrogens (primary N) is 1. The minimum Gasteiger partial charge on any atom is -0.464 e. The molecule has 4 N–H and O–H groups in total. The molecule has 30 heavy (non-hydrogen) atoms. The number of esters is 1. The number of oxazole rings is 1. The van der Waals surface area contributed by atoms with Gasteiger partial charge in [-0.15, -0.1) is 11.8 Å². The molecule has 0 saturated carbocycles. The lowest BCUT2D eigenvalue weighted by atomic mass is 10.1. The summed E-state index contributed by atoms with van der Waals surface area (Å²) in [6, 6.07) is -1.22. The van der Waals surface area contributed by atoms with Crippen LogP contribution in [0.2, 0.25) is 0 Å². The van der Waals surface area contributed by atoms with Crippen molar-refractivity contribution < 1.29 is 23.5 Å². The number of thioether (sulfide) groups is 1. The van der Waals surface area contributed by atoms with Crippen molar-refractivity contribution in [2.75, 3.05) is 19.9 Å². The third-order valence-electron chi connectivity index (χ3n) is 4.77. The summed E-state index contributed by atoms with van der Waals surface area (Å²) in [5.74, 6) is -0.372. The fraction of sp³-hybridized carbons (Fsp3) is 0.684. The number of nitrogens with zero attached hydrogens (tertiary/aromatic N) is 2. The maximum Gasteiger partial charge on any atom is 0.360 e. The van der Waals surface area contributed by atoms with Crippen LogP contribution in [0.15, 0.2) is 15.7 Å². The third kappa shape index (κ3) is 6.03. The van der Waals surface area contributed by atoms with Gasteiger partial charge in [0.25, 0.3) is 0 Å². The standard InChI is InChI=1S/C19H31N5O5S/c1-9(2)14(20)18(30-6)21-7-13-24-15(11(4)29-13)16(25)22-10(3)17-23-12(8-28-17)19(26)27-5/h8-11,13-15,24H,7,20H2,1-6H3,(H,22,25)/t10?,11?,13?,14-,15?/m0/s1. The highest BCUT2D eigenvalue weighted by atomic mass is 32.2. The minimum absolute atomic E-state index is 0.0476. The highest BCUT2D eigenvalue weighted by Crippen LogP contribution is 2.17. The minimum atomic E-state index is -0.604. The van der Waals surface area contributed by atoms with Crippen molar-refractivity contribution in [2.45, 2.75) is 58.2 Å². The molecule has 1 aliphatic heterocycles. The quantitative estimate of drug-likeness (QED) is 0.307. The molecular weight excluding hydrogens is 410 g/mol.